The number of nitrogens with zero attached hydrogens (tertiary/aromatic N) is 2. The third kappa shape index (κ3) is 4.42. The minimum Gasteiger partial charge on any atom is -0.396 e. The lowest BCUT2D eigenvalue weighted by Gasteiger charge is -2.23. The number of aliphatic hydroxyl groups is 1. The molecule has 2 atom stereocenters. The van der Waals surface area contributed by atoms with Crippen LogP contribution in [0, 0.1) is 11.8 Å². The second kappa shape index (κ2) is 7.74. The number of hydrogen-bond donors (Lipinski definition) is 3. The predicted octanol–water partition coefficient (Wildman–Crippen LogP) is -1.01. The predicted molar refractivity (Wildman–Crippen MR) is 83.5 cm³/mol. The van der Waals surface area contributed by atoms with Gasteiger partial charge in [0.1, 0.15) is 6.54 Å². The summed E-state index contributed by atoms with van der Waals surface area (Å²) in [6, 6.07) is -0.511. The molecule has 2 rings (SSSR count). The summed E-state index contributed by atoms with van der Waals surface area (Å²) in [6.07, 6.45) is 0.716. The molecule has 0 aliphatic carbocycles. The molecule has 4 amide bonds. The van der Waals surface area contributed by atoms with Gasteiger partial charge in [-0.15, -0.1) is 0 Å². The minimum absolute atomic E-state index is 0.00181. The van der Waals surface area contributed by atoms with E-state index in [9.17, 15) is 14.4 Å². The fourth-order valence-corrected chi connectivity index (χ4v) is 3.23. The van der Waals surface area contributed by atoms with E-state index in [1.54, 1.807) is 0 Å². The average molecular weight is 326 g/mol. The van der Waals surface area contributed by atoms with Crippen LogP contribution in [0.1, 0.15) is 20.3 Å². The quantitative estimate of drug-likeness (QED) is 0.521. The van der Waals surface area contributed by atoms with Crippen LogP contribution in [0.25, 0.3) is 0 Å². The highest BCUT2D eigenvalue weighted by molar-refractivity contribution is 6.04. The number of rotatable bonds is 7. The molecule has 0 aromatic rings. The van der Waals surface area contributed by atoms with Gasteiger partial charge in [0.05, 0.1) is 6.54 Å². The zero-order valence-corrected chi connectivity index (χ0v) is 13.7. The zero-order chi connectivity index (χ0) is 17.0. The molecule has 2 fully saturated rings. The Bertz CT molecular complexity index is 452. The van der Waals surface area contributed by atoms with Crippen molar-refractivity contribution in [3.8, 4) is 0 Å². The van der Waals surface area contributed by atoms with Crippen LogP contribution in [0.2, 0.25) is 0 Å². The molecule has 130 valence electrons. The van der Waals surface area contributed by atoms with Gasteiger partial charge in [0.25, 0.3) is 5.91 Å². The highest BCUT2D eigenvalue weighted by Crippen LogP contribution is 2.24. The molecular weight excluding hydrogens is 300 g/mol. The molecule has 2 saturated heterocycles. The smallest absolute Gasteiger partial charge is 0.325 e. The van der Waals surface area contributed by atoms with Gasteiger partial charge in [-0.25, -0.2) is 4.79 Å². The van der Waals surface area contributed by atoms with Crippen molar-refractivity contribution in [1.29, 1.82) is 0 Å². The maximum Gasteiger partial charge on any atom is 0.325 e. The van der Waals surface area contributed by atoms with Gasteiger partial charge in [0.2, 0.25) is 5.91 Å². The Labute approximate surface area is 136 Å². The molecule has 0 unspecified atom stereocenters. The first-order valence-corrected chi connectivity index (χ1v) is 8.13. The molecule has 0 aromatic heterocycles. The summed E-state index contributed by atoms with van der Waals surface area (Å²) in [5.74, 6) is 0.0495. The van der Waals surface area contributed by atoms with Gasteiger partial charge in [0.15, 0.2) is 0 Å². The first kappa shape index (κ1) is 17.7. The van der Waals surface area contributed by atoms with E-state index < -0.39 is 6.03 Å². The molecule has 8 nitrogen and oxygen atoms in total. The first-order valence-electron chi connectivity index (χ1n) is 8.13. The number of nitrogens with one attached hydrogen (secondary N) is 2. The molecule has 8 heteroatoms. The highest BCUT2D eigenvalue weighted by atomic mass is 16.3. The summed E-state index contributed by atoms with van der Waals surface area (Å²) in [5.41, 5.74) is 0. The van der Waals surface area contributed by atoms with Crippen LogP contribution in [0.5, 0.6) is 0 Å². The molecule has 0 aromatic carbocycles. The van der Waals surface area contributed by atoms with Gasteiger partial charge in [-0.1, -0.05) is 13.8 Å². The minimum atomic E-state index is -0.512. The summed E-state index contributed by atoms with van der Waals surface area (Å²) >= 11 is 0. The maximum atomic E-state index is 12.2. The zero-order valence-electron chi connectivity index (χ0n) is 13.7. The Balaban J connectivity index is 1.90. The second-order valence-corrected chi connectivity index (χ2v) is 6.56. The molecular formula is C15H26N4O4. The molecule has 3 N–H and O–H groups in total. The van der Waals surface area contributed by atoms with Crippen LogP contribution in [0.4, 0.5) is 4.79 Å². The Morgan fingerprint density at radius 2 is 2.13 bits per heavy atom. The van der Waals surface area contributed by atoms with Crippen LogP contribution >= 0.6 is 0 Å². The molecule has 0 spiro atoms. The van der Waals surface area contributed by atoms with E-state index in [1.807, 2.05) is 0 Å². The van der Waals surface area contributed by atoms with E-state index in [0.29, 0.717) is 18.3 Å². The van der Waals surface area contributed by atoms with Crippen molar-refractivity contribution in [3.05, 3.63) is 0 Å². The van der Waals surface area contributed by atoms with Gasteiger partial charge >= 0.3 is 6.03 Å². The second-order valence-electron chi connectivity index (χ2n) is 6.56. The van der Waals surface area contributed by atoms with E-state index in [0.717, 1.165) is 24.5 Å². The van der Waals surface area contributed by atoms with Gasteiger partial charge in [0, 0.05) is 32.3 Å². The topological polar surface area (TPSA) is 102 Å². The third-order valence-electron chi connectivity index (χ3n) is 4.51. The van der Waals surface area contributed by atoms with Crippen LogP contribution in [0.15, 0.2) is 0 Å². The number of carbonyl (C=O) groups is 3. The lowest BCUT2D eigenvalue weighted by molar-refractivity contribution is -0.131. The number of imide groups is 1. The largest absolute Gasteiger partial charge is 0.396 e. The normalized spacial score (nSPS) is 25.3. The van der Waals surface area contributed by atoms with E-state index in [2.05, 4.69) is 29.4 Å². The van der Waals surface area contributed by atoms with Gasteiger partial charge < -0.3 is 20.6 Å². The Morgan fingerprint density at radius 3 is 2.70 bits per heavy atom. The van der Waals surface area contributed by atoms with Gasteiger partial charge in [-0.05, 0) is 18.3 Å². The summed E-state index contributed by atoms with van der Waals surface area (Å²) in [4.78, 5) is 38.4. The summed E-state index contributed by atoms with van der Waals surface area (Å²) in [6.45, 7) is 6.54. The van der Waals surface area contributed by atoms with Crippen molar-refractivity contribution in [3.63, 3.8) is 0 Å². The van der Waals surface area contributed by atoms with E-state index in [-0.39, 0.29) is 37.6 Å². The lowest BCUT2D eigenvalue weighted by atomic mass is 9.91. The molecule has 0 radical (unpaired) electrons. The van der Waals surface area contributed by atoms with Crippen molar-refractivity contribution >= 4 is 17.8 Å². The molecule has 0 bridgehead atoms. The summed E-state index contributed by atoms with van der Waals surface area (Å²) < 4.78 is 0. The Morgan fingerprint density at radius 1 is 1.39 bits per heavy atom. The number of urea groups is 1. The van der Waals surface area contributed by atoms with Crippen molar-refractivity contribution < 1.29 is 19.5 Å². The van der Waals surface area contributed by atoms with Crippen molar-refractivity contribution in [2.75, 3.05) is 39.3 Å². The Kier molecular flexibility index (Phi) is 5.95. The molecule has 2 aliphatic rings. The van der Waals surface area contributed by atoms with Crippen LogP contribution in [0.3, 0.4) is 0 Å². The summed E-state index contributed by atoms with van der Waals surface area (Å²) in [7, 11) is 0. The number of aliphatic hydroxyl groups excluding tert-OH is 1. The molecule has 0 saturated carbocycles. The standard InChI is InChI=1S/C15H26N4O4/c1-10(2)11-7-18(4-3-5-20)8-12(11)17-13(21)9-19-14(22)6-16-15(19)23/h10-12,20H,3-9H2,1-2H3,(H,16,23)(H,17,21)/t11-,12+/m0/s1. The average Bonchev–Trinajstić information content (AvgIpc) is 3.03. The van der Waals surface area contributed by atoms with E-state index in [4.69, 9.17) is 5.11 Å². The number of likely N-dealkylation sites (tertiary alicyclic amines) is 1. The van der Waals surface area contributed by atoms with Crippen LogP contribution in [-0.4, -0.2) is 78.1 Å². The third-order valence-corrected chi connectivity index (χ3v) is 4.51. The number of hydrogen-bond acceptors (Lipinski definition) is 5. The van der Waals surface area contributed by atoms with Crippen LogP contribution < -0.4 is 10.6 Å². The van der Waals surface area contributed by atoms with Crippen molar-refractivity contribution in [2.45, 2.75) is 26.3 Å². The molecule has 2 heterocycles. The van der Waals surface area contributed by atoms with E-state index >= 15 is 0 Å². The number of carbonyl (C=O) groups excluding carboxylic acids is 3. The Hall–Kier alpha value is -1.67. The van der Waals surface area contributed by atoms with Gasteiger partial charge in [-0.2, -0.15) is 0 Å². The first-order chi connectivity index (χ1) is 10.9. The SMILES string of the molecule is CC(C)[C@@H]1CN(CCCO)C[C@H]1NC(=O)CN1C(=O)CNC1=O. The monoisotopic (exact) mass is 326 g/mol. The fraction of sp³-hybridized carbons (Fsp3) is 0.800. The summed E-state index contributed by atoms with van der Waals surface area (Å²) in [5, 5.41) is 14.3. The van der Waals surface area contributed by atoms with E-state index in [1.165, 1.54) is 0 Å². The maximum absolute atomic E-state index is 12.2. The number of amides is 4. The molecule has 23 heavy (non-hydrogen) atoms. The van der Waals surface area contributed by atoms with Gasteiger partial charge in [-0.3, -0.25) is 14.5 Å². The van der Waals surface area contributed by atoms with Crippen LogP contribution in [-0.2, 0) is 9.59 Å². The highest BCUT2D eigenvalue weighted by Gasteiger charge is 2.36. The fourth-order valence-electron chi connectivity index (χ4n) is 3.23. The van der Waals surface area contributed by atoms with Crippen molar-refractivity contribution in [2.24, 2.45) is 11.8 Å². The molecule has 2 aliphatic heterocycles. The van der Waals surface area contributed by atoms with Crippen molar-refractivity contribution in [1.82, 2.24) is 20.4 Å². The lowest BCUT2D eigenvalue weighted by Crippen LogP contribution is -2.47.